The van der Waals surface area contributed by atoms with E-state index in [0.29, 0.717) is 215 Å². The summed E-state index contributed by atoms with van der Waals surface area (Å²) in [5.41, 5.74) is 28.7. The molecule has 2 aromatic carbocycles. The van der Waals surface area contributed by atoms with Gasteiger partial charge in [0.05, 0.1) is 103 Å². The first-order valence-electron chi connectivity index (χ1n) is 46.5. The van der Waals surface area contributed by atoms with E-state index >= 15 is 0 Å². The smallest absolute Gasteiger partial charge is 0.329 e. The maximum atomic E-state index is 14.7. The minimum atomic E-state index is -2.45. The molecule has 4 aliphatic rings. The monoisotopic (exact) mass is 1830 g/mol. The Morgan fingerprint density at radius 3 is 1.99 bits per heavy atom. The molecule has 131 heavy (non-hydrogen) atoms. The molecule has 6 heterocycles. The molecule has 1 amide bonds. The number of fused-ring (bicyclic) bond motifs is 5. The number of Topliss-reactive ketones (excluding diaryl/α,β-unsaturated/α-hetero) is 3. The molecule has 34 heteroatoms. The second-order valence-corrected chi connectivity index (χ2v) is 34.5. The Morgan fingerprint density at radius 1 is 0.710 bits per heavy atom. The number of nitrogens with zero attached hydrogens (tertiary/aromatic N) is 9. The summed E-state index contributed by atoms with van der Waals surface area (Å²) >= 11 is 0. The van der Waals surface area contributed by atoms with Gasteiger partial charge in [-0.25, -0.2) is 19.4 Å². The number of aliphatic hydroxyl groups excluding tert-OH is 1. The molecule has 16 atom stereocenters. The molecule has 6 N–H and O–H groups in total. The number of methoxy groups -OCH3 is 5. The number of carbonyl (C=O) groups excluding carboxylic acids is 6. The fourth-order valence-corrected chi connectivity index (χ4v) is 16.7. The molecule has 3 aliphatic heterocycles. The first kappa shape index (κ1) is 109. The van der Waals surface area contributed by atoms with Crippen LogP contribution >= 0.6 is 0 Å². The molecule has 2 bridgehead atoms. The number of ether oxygens (including phenoxy) is 14. The number of carbonyl (C=O) groups is 6. The highest BCUT2D eigenvalue weighted by Gasteiger charge is 2.53. The summed E-state index contributed by atoms with van der Waals surface area (Å²) in [5, 5.41) is 33.4. The highest BCUT2D eigenvalue weighted by atomic mass is 16.6. The van der Waals surface area contributed by atoms with Crippen molar-refractivity contribution in [2.75, 3.05) is 146 Å². The number of aliphatic hydroxyl groups is 2. The Hall–Kier alpha value is -8.81. The van der Waals surface area contributed by atoms with E-state index in [1.54, 1.807) is 54.4 Å². The summed E-state index contributed by atoms with van der Waals surface area (Å²) < 4.78 is 85.2. The van der Waals surface area contributed by atoms with Gasteiger partial charge in [0.2, 0.25) is 5.79 Å². The van der Waals surface area contributed by atoms with Crippen molar-refractivity contribution in [2.24, 2.45) is 40.6 Å². The zero-order chi connectivity index (χ0) is 95.2. The minimum Gasteiger partial charge on any atom is -0.461 e. The van der Waals surface area contributed by atoms with E-state index in [1.165, 1.54) is 18.3 Å². The van der Waals surface area contributed by atoms with Crippen LogP contribution in [0.1, 0.15) is 189 Å². The summed E-state index contributed by atoms with van der Waals surface area (Å²) in [6, 6.07) is 11.8. The Balaban J connectivity index is 0.000000334. The first-order valence-corrected chi connectivity index (χ1v) is 46.5. The lowest BCUT2D eigenvalue weighted by Crippen LogP contribution is -2.61. The summed E-state index contributed by atoms with van der Waals surface area (Å²) in [6.07, 6.45) is 17.5. The number of rotatable bonds is 40. The Morgan fingerprint density at radius 2 is 1.37 bits per heavy atom. The van der Waals surface area contributed by atoms with E-state index in [0.717, 1.165) is 48.3 Å². The van der Waals surface area contributed by atoms with Crippen LogP contribution in [0.2, 0.25) is 0 Å². The van der Waals surface area contributed by atoms with Gasteiger partial charge >= 0.3 is 11.9 Å². The number of ketones is 3. The second kappa shape index (κ2) is 59.0. The van der Waals surface area contributed by atoms with E-state index in [1.807, 2.05) is 106 Å². The molecular formula is C97H147N11O23. The van der Waals surface area contributed by atoms with Crippen molar-refractivity contribution in [2.45, 2.75) is 251 Å². The molecule has 9 rings (SSSR count). The van der Waals surface area contributed by atoms with E-state index in [4.69, 9.17) is 87.3 Å². The van der Waals surface area contributed by atoms with Gasteiger partial charge in [-0.2, -0.15) is 10.1 Å². The molecule has 34 nitrogen and oxygen atoms in total. The molecule has 0 spiro atoms. The third-order valence-corrected chi connectivity index (χ3v) is 24.3. The van der Waals surface area contributed by atoms with Crippen LogP contribution in [-0.2, 0) is 108 Å². The lowest BCUT2D eigenvalue weighted by Gasteiger charge is -2.43. The van der Waals surface area contributed by atoms with E-state index in [2.05, 4.69) is 38.8 Å². The van der Waals surface area contributed by atoms with Gasteiger partial charge in [-0.1, -0.05) is 114 Å². The SMILES string of the molecule is CCCOCCOCCOCCOCCOCCOCCC.COCCC(=O)CCc1ccc(Cn2nc(-c3ccc4oc(N)nc4c3)c3c(N)ncnc32)cc1.COCCCC(=O)O[C@@H]1CC[C@@H](C[C@@H](C)[C@@H]2C[C@H](N=[N+]=[N-])[C@H](C)/C=C(\C)[C@@H](O)[C@@H](OC)C(=O)[C@H](C)C[C@H](C)/C=C/C=C/C=C(\C)[C@@H](OC)C[C@@H]3CC[C@@H](C)[C@@](O)(O3)C(=O)C(=O)N3CCCC[C@H]3C(=O)O2)C[C@H]1OC. The topological polar surface area (TPSA) is 446 Å². The third kappa shape index (κ3) is 35.5. The van der Waals surface area contributed by atoms with Crippen LogP contribution in [0.15, 0.2) is 106 Å². The van der Waals surface area contributed by atoms with Gasteiger partial charge in [0.15, 0.2) is 17.0 Å². The fourth-order valence-electron chi connectivity index (χ4n) is 16.7. The number of hydrogen-bond acceptors (Lipinski definition) is 30. The van der Waals surface area contributed by atoms with Gasteiger partial charge in [-0.15, -0.1) is 0 Å². The third-order valence-electron chi connectivity index (χ3n) is 24.3. The predicted molar refractivity (Wildman–Crippen MR) is 496 cm³/mol. The van der Waals surface area contributed by atoms with E-state index in [-0.39, 0.29) is 73.2 Å². The number of piperidine rings is 1. The zero-order valence-electron chi connectivity index (χ0n) is 79.6. The number of nitrogen functional groups attached to an aromatic ring is 2. The van der Waals surface area contributed by atoms with Gasteiger partial charge in [-0.3, -0.25) is 24.0 Å². The van der Waals surface area contributed by atoms with Gasteiger partial charge in [0.1, 0.15) is 59.6 Å². The number of hydrogen-bond donors (Lipinski definition) is 4. The van der Waals surface area contributed by atoms with Gasteiger partial charge in [-0.05, 0) is 180 Å². The quantitative estimate of drug-likeness (QED) is 0.00538. The van der Waals surface area contributed by atoms with Crippen molar-refractivity contribution >= 4 is 69.2 Å². The number of allylic oxidation sites excluding steroid dienone is 5. The molecule has 3 fully saturated rings. The number of azide groups is 1. The van der Waals surface area contributed by atoms with Gasteiger partial charge in [0, 0.05) is 116 Å². The lowest BCUT2D eigenvalue weighted by atomic mass is 9.78. The first-order chi connectivity index (χ1) is 63.1. The number of aryl methyl sites for hydroxylation is 1. The average Bonchev–Trinajstić information content (AvgIpc) is 1.58. The molecule has 0 unspecified atom stereocenters. The number of nitrogens with two attached hydrogens (primary N) is 2. The van der Waals surface area contributed by atoms with Crippen LogP contribution in [-0.4, -0.2) is 270 Å². The van der Waals surface area contributed by atoms with Crippen LogP contribution in [0.5, 0.6) is 0 Å². The lowest BCUT2D eigenvalue weighted by molar-refractivity contribution is -0.265. The zero-order valence-corrected chi connectivity index (χ0v) is 79.6. The number of amides is 1. The highest BCUT2D eigenvalue weighted by Crippen LogP contribution is 2.40. The number of benzene rings is 2. The molecule has 5 aromatic rings. The van der Waals surface area contributed by atoms with Gasteiger partial charge in [0.25, 0.3) is 17.7 Å². The number of oxazole rings is 1. The molecule has 728 valence electrons. The van der Waals surface area contributed by atoms with Crippen LogP contribution in [0.4, 0.5) is 11.8 Å². The van der Waals surface area contributed by atoms with Crippen molar-refractivity contribution in [3.8, 4) is 11.3 Å². The van der Waals surface area contributed by atoms with Crippen molar-refractivity contribution in [3.05, 3.63) is 118 Å². The Bertz CT molecular complexity index is 4440. The van der Waals surface area contributed by atoms with Crippen LogP contribution in [0.3, 0.4) is 0 Å². The largest absolute Gasteiger partial charge is 0.461 e. The van der Waals surface area contributed by atoms with Crippen LogP contribution in [0, 0.1) is 35.5 Å². The van der Waals surface area contributed by atoms with Gasteiger partial charge < -0.3 is 97.3 Å². The van der Waals surface area contributed by atoms with E-state index in [9.17, 15) is 44.5 Å². The molecule has 3 aromatic heterocycles. The summed E-state index contributed by atoms with van der Waals surface area (Å²) in [4.78, 5) is 99.2. The second-order valence-electron chi connectivity index (χ2n) is 34.5. The number of anilines is 2. The van der Waals surface area contributed by atoms with E-state index < -0.39 is 89.9 Å². The molecule has 1 saturated carbocycles. The average molecular weight is 1840 g/mol. The Labute approximate surface area is 772 Å². The number of aromatic nitrogens is 5. The normalized spacial score (nSPS) is 26.2. The standard InChI is InChI=1S/C56H88N4O14.C25H25N7O3.C16H34O6/c1-34-18-13-12-14-19-35(2)46(69-9)32-42-24-22-40(7)56(67,74-42)53(64)54(65)60-26-16-15-20-44(60)55(66)73-47(37(4)30-41-23-25-45(48(31-41)70-10)72-49(61)21-17-27-68-8)33-43(58-59-57)36(3)29-39(6)51(63)52(71-11)50(62)38(5)28-34;1-34-11-10-18(33)8-6-15-2-4-16(5-3-15)13-32-24-21(23(26)28-14-29-24)22(31-32)17-7-9-20-19(12-17)30-25(27)35-20;1-3-5-17-7-9-19-11-13-21-15-16-22-14-12-20-10-8-18-6-4-2/h12-14,18-19,29,34,36-38,40-48,51-52,63,67H,15-17,20-28,30-33H2,1-11H3;2-5,7,9,12,14H,6,8,10-11,13H2,1H3,(H2,27,30)(H2,26,28,29);3-16H2,1-2H3/b14-12+,18-13+,35-19+,39-29+;;/t34-,36-,37-,38-,40-,41+,42+,43+,44+,45-,46+,47+,48-,51-,52+,56-;;/m1../s1. The maximum Gasteiger partial charge on any atom is 0.329 e. The predicted octanol–water partition coefficient (Wildman–Crippen LogP) is 13.6. The molecular weight excluding hydrogens is 1690 g/mol. The summed E-state index contributed by atoms with van der Waals surface area (Å²) in [6.45, 7) is 26.2. The number of cyclic esters (lactones) is 1. The van der Waals surface area contributed by atoms with Crippen molar-refractivity contribution in [1.29, 1.82) is 0 Å². The highest BCUT2D eigenvalue weighted by molar-refractivity contribution is 6.39. The molecule has 1 aliphatic carbocycles. The molecule has 0 radical (unpaired) electrons. The minimum absolute atomic E-state index is 0.00389. The summed E-state index contributed by atoms with van der Waals surface area (Å²) in [7, 11) is 7.73. The van der Waals surface area contributed by atoms with Crippen LogP contribution < -0.4 is 11.5 Å². The van der Waals surface area contributed by atoms with Crippen molar-refractivity contribution in [1.82, 2.24) is 29.6 Å². The van der Waals surface area contributed by atoms with Crippen molar-refractivity contribution in [3.63, 3.8) is 0 Å². The number of esters is 2. The maximum absolute atomic E-state index is 14.7. The van der Waals surface area contributed by atoms with Crippen molar-refractivity contribution < 1.29 is 110 Å². The molecule has 2 saturated heterocycles. The summed E-state index contributed by atoms with van der Waals surface area (Å²) in [5.74, 6) is -7.39. The van der Waals surface area contributed by atoms with Crippen LogP contribution in [0.25, 0.3) is 43.8 Å². The fraction of sp³-hybridized carbons (Fsp3) is 0.670. The Kier molecular flexibility index (Phi) is 49.2.